The van der Waals surface area contributed by atoms with Crippen molar-refractivity contribution in [1.82, 2.24) is 9.55 Å². The first kappa shape index (κ1) is 18.6. The second kappa shape index (κ2) is 6.94. The fourth-order valence-electron chi connectivity index (χ4n) is 6.82. The molecule has 156 valence electrons. The number of anilines is 1. The highest BCUT2D eigenvalue weighted by Gasteiger charge is 2.48. The number of benzene rings is 1. The van der Waals surface area contributed by atoms with Crippen molar-refractivity contribution in [3.63, 3.8) is 0 Å². The van der Waals surface area contributed by atoms with Crippen LogP contribution in [0.3, 0.4) is 0 Å². The summed E-state index contributed by atoms with van der Waals surface area (Å²) in [6.45, 7) is 0. The van der Waals surface area contributed by atoms with Gasteiger partial charge in [-0.05, 0) is 86.3 Å². The van der Waals surface area contributed by atoms with Gasteiger partial charge >= 0.3 is 0 Å². The highest BCUT2D eigenvalue weighted by atomic mass is 32.2. The minimum absolute atomic E-state index is 0.0234. The quantitative estimate of drug-likeness (QED) is 0.550. The molecule has 30 heavy (non-hydrogen) atoms. The number of pyridine rings is 1. The van der Waals surface area contributed by atoms with Crippen LogP contribution in [-0.2, 0) is 7.05 Å². The van der Waals surface area contributed by atoms with Crippen molar-refractivity contribution in [2.45, 2.75) is 43.0 Å². The molecule has 2 heterocycles. The number of aromatic amines is 1. The minimum Gasteiger partial charge on any atom is -0.381 e. The lowest BCUT2D eigenvalue weighted by molar-refractivity contribution is 0.00755. The molecule has 0 amide bonds. The molecule has 0 atom stereocenters. The van der Waals surface area contributed by atoms with Crippen molar-refractivity contribution in [1.29, 1.82) is 0 Å². The molecule has 4 nitrogen and oxygen atoms in total. The molecule has 0 radical (unpaired) electrons. The van der Waals surface area contributed by atoms with Gasteiger partial charge in [-0.2, -0.15) is 0 Å². The smallest absolute Gasteiger partial charge is 0.274 e. The van der Waals surface area contributed by atoms with E-state index in [0.717, 1.165) is 34.6 Å². The van der Waals surface area contributed by atoms with E-state index >= 15 is 0 Å². The Morgan fingerprint density at radius 1 is 1.03 bits per heavy atom. The number of nitrogens with zero attached hydrogens (tertiary/aromatic N) is 1. The number of hydrogen-bond acceptors (Lipinski definition) is 3. The normalized spacial score (nSPS) is 29.6. The first-order valence-electron chi connectivity index (χ1n) is 11.2. The zero-order valence-electron chi connectivity index (χ0n) is 17.7. The van der Waals surface area contributed by atoms with Gasteiger partial charge in [0.1, 0.15) is 5.52 Å². The first-order valence-corrected chi connectivity index (χ1v) is 12.4. The molecule has 0 aliphatic heterocycles. The molecule has 4 bridgehead atoms. The zero-order valence-corrected chi connectivity index (χ0v) is 18.5. The second-order valence-corrected chi connectivity index (χ2v) is 10.6. The highest BCUT2D eigenvalue weighted by molar-refractivity contribution is 7.98. The van der Waals surface area contributed by atoms with Gasteiger partial charge in [0.25, 0.3) is 5.56 Å². The van der Waals surface area contributed by atoms with Gasteiger partial charge in [0.05, 0.1) is 0 Å². The van der Waals surface area contributed by atoms with Crippen molar-refractivity contribution >= 4 is 28.4 Å². The molecule has 7 rings (SSSR count). The summed E-state index contributed by atoms with van der Waals surface area (Å²) in [6, 6.07) is 9.39. The first-order chi connectivity index (χ1) is 14.6. The van der Waals surface area contributed by atoms with Crippen LogP contribution in [0.2, 0.25) is 0 Å². The summed E-state index contributed by atoms with van der Waals surface area (Å²) in [5, 5.41) is 5.03. The molecule has 1 aromatic carbocycles. The van der Waals surface area contributed by atoms with Crippen LogP contribution in [0.1, 0.15) is 32.1 Å². The van der Waals surface area contributed by atoms with Crippen LogP contribution < -0.4 is 10.9 Å². The standard InChI is InChI=1S/C25H29N3OS/c1-28-13-21(19-5-6-26-24(19)25(28)29)20-12-18(30-2)3-4-22(20)27-23-16-8-14-7-15(10-16)11-17(23)9-14/h3-6,12-17,23,26-27H,7-11H2,1-2H3. The van der Waals surface area contributed by atoms with E-state index in [0.29, 0.717) is 11.6 Å². The Labute approximate surface area is 181 Å². The predicted molar refractivity (Wildman–Crippen MR) is 125 cm³/mol. The molecule has 4 fully saturated rings. The third kappa shape index (κ3) is 2.85. The van der Waals surface area contributed by atoms with E-state index in [1.165, 1.54) is 48.3 Å². The number of nitrogens with one attached hydrogen (secondary N) is 2. The van der Waals surface area contributed by atoms with Gasteiger partial charge in [0, 0.05) is 52.6 Å². The van der Waals surface area contributed by atoms with Crippen LogP contribution in [0.4, 0.5) is 5.69 Å². The van der Waals surface area contributed by atoms with Crippen molar-refractivity contribution in [2.75, 3.05) is 11.6 Å². The van der Waals surface area contributed by atoms with Crippen LogP contribution in [0.5, 0.6) is 0 Å². The number of fused-ring (bicyclic) bond motifs is 1. The van der Waals surface area contributed by atoms with Gasteiger partial charge in [0.15, 0.2) is 0 Å². The van der Waals surface area contributed by atoms with E-state index in [9.17, 15) is 4.79 Å². The molecule has 0 spiro atoms. The number of aryl methyl sites for hydroxylation is 1. The summed E-state index contributed by atoms with van der Waals surface area (Å²) in [5.41, 5.74) is 4.25. The fourth-order valence-corrected chi connectivity index (χ4v) is 7.26. The molecule has 2 N–H and O–H groups in total. The summed E-state index contributed by atoms with van der Waals surface area (Å²) in [7, 11) is 1.84. The zero-order chi connectivity index (χ0) is 20.4. The average molecular weight is 420 g/mol. The Bertz CT molecular complexity index is 1150. The molecular weight excluding hydrogens is 390 g/mol. The lowest BCUT2D eigenvalue weighted by Crippen LogP contribution is -2.51. The third-order valence-corrected chi connectivity index (χ3v) is 8.69. The van der Waals surface area contributed by atoms with E-state index in [1.54, 1.807) is 16.3 Å². The fraction of sp³-hybridized carbons (Fsp3) is 0.480. The van der Waals surface area contributed by atoms with Crippen LogP contribution in [0.15, 0.2) is 46.3 Å². The Balaban J connectivity index is 1.45. The summed E-state index contributed by atoms with van der Waals surface area (Å²) >= 11 is 1.77. The number of thioether (sulfide) groups is 1. The van der Waals surface area contributed by atoms with Crippen LogP contribution in [0, 0.1) is 23.7 Å². The van der Waals surface area contributed by atoms with Crippen molar-refractivity contribution in [3.8, 4) is 11.1 Å². The summed E-state index contributed by atoms with van der Waals surface area (Å²) < 4.78 is 1.70. The van der Waals surface area contributed by atoms with Crippen LogP contribution >= 0.6 is 11.8 Å². The third-order valence-electron chi connectivity index (χ3n) is 7.96. The molecule has 4 aliphatic rings. The SMILES string of the molecule is CSc1ccc(NC2C3CC4CC(C3)CC2C4)c(-c2cn(C)c(=O)c3[nH]ccc23)c1. The largest absolute Gasteiger partial charge is 0.381 e. The van der Waals surface area contributed by atoms with E-state index < -0.39 is 0 Å². The van der Waals surface area contributed by atoms with Crippen molar-refractivity contribution < 1.29 is 0 Å². The predicted octanol–water partition coefficient (Wildman–Crippen LogP) is 5.49. The van der Waals surface area contributed by atoms with Crippen molar-refractivity contribution in [3.05, 3.63) is 47.0 Å². The van der Waals surface area contributed by atoms with E-state index in [1.807, 2.05) is 25.5 Å². The highest BCUT2D eigenvalue weighted by Crippen LogP contribution is 2.54. The molecule has 4 saturated carbocycles. The average Bonchev–Trinajstić information content (AvgIpc) is 3.23. The lowest BCUT2D eigenvalue weighted by atomic mass is 9.54. The summed E-state index contributed by atoms with van der Waals surface area (Å²) in [4.78, 5) is 17.0. The van der Waals surface area contributed by atoms with Gasteiger partial charge in [-0.3, -0.25) is 4.79 Å². The molecule has 0 saturated heterocycles. The number of hydrogen-bond donors (Lipinski definition) is 2. The van der Waals surface area contributed by atoms with Crippen LogP contribution in [0.25, 0.3) is 22.0 Å². The monoisotopic (exact) mass is 419 g/mol. The maximum atomic E-state index is 12.6. The number of aromatic nitrogens is 2. The molecule has 3 aromatic rings. The van der Waals surface area contributed by atoms with E-state index in [4.69, 9.17) is 0 Å². The topological polar surface area (TPSA) is 49.8 Å². The van der Waals surface area contributed by atoms with Crippen molar-refractivity contribution in [2.24, 2.45) is 30.7 Å². The maximum absolute atomic E-state index is 12.6. The summed E-state index contributed by atoms with van der Waals surface area (Å²) in [6.07, 6.45) is 13.1. The number of rotatable bonds is 4. The second-order valence-electron chi connectivity index (χ2n) is 9.74. The lowest BCUT2D eigenvalue weighted by Gasteiger charge is -2.54. The van der Waals surface area contributed by atoms with E-state index in [2.05, 4.69) is 34.8 Å². The molecular formula is C25H29N3OS. The Kier molecular flexibility index (Phi) is 4.31. The Hall–Kier alpha value is -2.14. The molecule has 0 unspecified atom stereocenters. The summed E-state index contributed by atoms with van der Waals surface area (Å²) in [5.74, 6) is 3.60. The molecule has 4 aliphatic carbocycles. The van der Waals surface area contributed by atoms with Gasteiger partial charge in [-0.25, -0.2) is 0 Å². The molecule has 5 heteroatoms. The number of H-pyrrole nitrogens is 1. The molecule has 2 aromatic heterocycles. The minimum atomic E-state index is 0.0234. The van der Waals surface area contributed by atoms with Gasteiger partial charge in [0.2, 0.25) is 0 Å². The van der Waals surface area contributed by atoms with E-state index in [-0.39, 0.29) is 5.56 Å². The van der Waals surface area contributed by atoms with Gasteiger partial charge in [-0.15, -0.1) is 11.8 Å². The van der Waals surface area contributed by atoms with Crippen LogP contribution in [-0.4, -0.2) is 21.8 Å². The Morgan fingerprint density at radius 2 is 1.77 bits per heavy atom. The maximum Gasteiger partial charge on any atom is 0.274 e. The van der Waals surface area contributed by atoms with Gasteiger partial charge < -0.3 is 14.9 Å². The Morgan fingerprint density at radius 3 is 2.47 bits per heavy atom. The van der Waals surface area contributed by atoms with Gasteiger partial charge in [-0.1, -0.05) is 0 Å².